The van der Waals surface area contributed by atoms with Crippen molar-refractivity contribution in [2.45, 2.75) is 25.8 Å². The number of rotatable bonds is 8. The van der Waals surface area contributed by atoms with Crippen LogP contribution in [-0.4, -0.2) is 38.2 Å². The second kappa shape index (κ2) is 8.86. The highest BCUT2D eigenvalue weighted by atomic mass is 16.5. The molecule has 0 spiro atoms. The molecule has 2 aromatic rings. The molecule has 3 heteroatoms. The second-order valence-electron chi connectivity index (χ2n) is 6.48. The van der Waals surface area contributed by atoms with E-state index in [9.17, 15) is 0 Å². The van der Waals surface area contributed by atoms with E-state index >= 15 is 0 Å². The van der Waals surface area contributed by atoms with E-state index in [1.54, 1.807) is 7.11 Å². The molecule has 1 aliphatic heterocycles. The van der Waals surface area contributed by atoms with Gasteiger partial charge in [-0.1, -0.05) is 42.5 Å². The van der Waals surface area contributed by atoms with E-state index in [-0.39, 0.29) is 0 Å². The fraction of sp³-hybridized carbons (Fsp3) is 0.429. The maximum absolute atomic E-state index is 5.45. The largest absolute Gasteiger partial charge is 0.496 e. The third-order valence-electron chi connectivity index (χ3n) is 4.73. The Balaban J connectivity index is 1.46. The van der Waals surface area contributed by atoms with Gasteiger partial charge in [0.2, 0.25) is 0 Å². The van der Waals surface area contributed by atoms with Crippen molar-refractivity contribution in [1.82, 2.24) is 10.2 Å². The third kappa shape index (κ3) is 4.59. The molecule has 0 saturated carbocycles. The Morgan fingerprint density at radius 2 is 1.75 bits per heavy atom. The first kappa shape index (κ1) is 17.0. The van der Waals surface area contributed by atoms with Gasteiger partial charge in [-0.2, -0.15) is 0 Å². The van der Waals surface area contributed by atoms with Crippen molar-refractivity contribution in [1.29, 1.82) is 0 Å². The first-order valence-electron chi connectivity index (χ1n) is 9.02. The van der Waals surface area contributed by atoms with Gasteiger partial charge < -0.3 is 15.0 Å². The lowest BCUT2D eigenvalue weighted by Crippen LogP contribution is -2.24. The molecule has 1 saturated heterocycles. The predicted octanol–water partition coefficient (Wildman–Crippen LogP) is 3.94. The molecule has 1 aliphatic rings. The van der Waals surface area contributed by atoms with Crippen molar-refractivity contribution in [2.24, 2.45) is 0 Å². The van der Waals surface area contributed by atoms with Crippen LogP contribution < -0.4 is 10.1 Å². The van der Waals surface area contributed by atoms with Gasteiger partial charge in [-0.05, 0) is 62.6 Å². The highest BCUT2D eigenvalue weighted by Crippen LogP contribution is 2.29. The van der Waals surface area contributed by atoms with Gasteiger partial charge in [-0.25, -0.2) is 0 Å². The van der Waals surface area contributed by atoms with E-state index in [0.717, 1.165) is 24.4 Å². The highest BCUT2D eigenvalue weighted by Gasteiger charge is 2.10. The minimum absolute atomic E-state index is 0.922. The monoisotopic (exact) mass is 324 g/mol. The number of nitrogens with one attached hydrogen (secondary N) is 1. The minimum Gasteiger partial charge on any atom is -0.496 e. The Labute approximate surface area is 145 Å². The minimum atomic E-state index is 0.922. The van der Waals surface area contributed by atoms with Crippen LogP contribution in [0.25, 0.3) is 11.1 Å². The van der Waals surface area contributed by atoms with Gasteiger partial charge in [0.1, 0.15) is 5.75 Å². The molecule has 0 aliphatic carbocycles. The van der Waals surface area contributed by atoms with Gasteiger partial charge in [0.15, 0.2) is 0 Å². The van der Waals surface area contributed by atoms with Crippen LogP contribution in [0, 0.1) is 0 Å². The van der Waals surface area contributed by atoms with Gasteiger partial charge in [0.05, 0.1) is 7.11 Å². The van der Waals surface area contributed by atoms with Crippen molar-refractivity contribution in [2.75, 3.05) is 33.3 Å². The molecule has 0 amide bonds. The zero-order chi connectivity index (χ0) is 16.6. The molecule has 2 aromatic carbocycles. The van der Waals surface area contributed by atoms with E-state index in [0.29, 0.717) is 0 Å². The molecule has 1 heterocycles. The molecule has 1 N–H and O–H groups in total. The average molecular weight is 324 g/mol. The van der Waals surface area contributed by atoms with Gasteiger partial charge in [0.25, 0.3) is 0 Å². The number of hydrogen-bond acceptors (Lipinski definition) is 3. The summed E-state index contributed by atoms with van der Waals surface area (Å²) in [5, 5.41) is 3.56. The van der Waals surface area contributed by atoms with Gasteiger partial charge in [0, 0.05) is 12.1 Å². The normalized spacial score (nSPS) is 14.9. The summed E-state index contributed by atoms with van der Waals surface area (Å²) < 4.78 is 5.45. The summed E-state index contributed by atoms with van der Waals surface area (Å²) >= 11 is 0. The molecule has 3 rings (SSSR count). The standard InChI is InChI=1S/C21H28N2O/c1-24-21-8-3-2-7-20(21)19-11-9-18(10-12-19)17-22-13-6-16-23-14-4-5-15-23/h2-3,7-12,22H,4-6,13-17H2,1H3. The fourth-order valence-electron chi connectivity index (χ4n) is 3.35. The average Bonchev–Trinajstić information content (AvgIpc) is 3.15. The Kier molecular flexibility index (Phi) is 6.27. The number of para-hydroxylation sites is 1. The van der Waals surface area contributed by atoms with Gasteiger partial charge in [-0.3, -0.25) is 0 Å². The molecule has 24 heavy (non-hydrogen) atoms. The molecule has 0 bridgehead atoms. The number of ether oxygens (including phenoxy) is 1. The Morgan fingerprint density at radius 3 is 2.50 bits per heavy atom. The number of likely N-dealkylation sites (tertiary alicyclic amines) is 1. The van der Waals surface area contributed by atoms with Crippen LogP contribution in [0.5, 0.6) is 5.75 Å². The van der Waals surface area contributed by atoms with Crippen molar-refractivity contribution in [3.63, 3.8) is 0 Å². The zero-order valence-corrected chi connectivity index (χ0v) is 14.6. The number of methoxy groups -OCH3 is 1. The smallest absolute Gasteiger partial charge is 0.126 e. The summed E-state index contributed by atoms with van der Waals surface area (Å²) in [7, 11) is 1.72. The predicted molar refractivity (Wildman–Crippen MR) is 100 cm³/mol. The summed E-state index contributed by atoms with van der Waals surface area (Å²) in [4.78, 5) is 2.57. The Bertz CT molecular complexity index is 618. The summed E-state index contributed by atoms with van der Waals surface area (Å²) in [5.74, 6) is 0.922. The molecule has 0 radical (unpaired) electrons. The van der Waals surface area contributed by atoms with E-state index < -0.39 is 0 Å². The quantitative estimate of drug-likeness (QED) is 0.745. The molecule has 1 fully saturated rings. The molecule has 0 unspecified atom stereocenters. The van der Waals surface area contributed by atoms with Crippen molar-refractivity contribution < 1.29 is 4.74 Å². The molecule has 3 nitrogen and oxygen atoms in total. The molecule has 128 valence electrons. The van der Waals surface area contributed by atoms with Crippen LogP contribution in [0.4, 0.5) is 0 Å². The van der Waals surface area contributed by atoms with E-state index in [4.69, 9.17) is 4.74 Å². The summed E-state index contributed by atoms with van der Waals surface area (Å²) in [6, 6.07) is 16.9. The Morgan fingerprint density at radius 1 is 1.00 bits per heavy atom. The number of nitrogens with zero attached hydrogens (tertiary/aromatic N) is 1. The first-order chi connectivity index (χ1) is 11.9. The molecule has 0 aromatic heterocycles. The van der Waals surface area contributed by atoms with E-state index in [1.165, 1.54) is 50.0 Å². The SMILES string of the molecule is COc1ccccc1-c1ccc(CNCCCN2CCCC2)cc1. The van der Waals surface area contributed by atoms with Crippen LogP contribution in [0.15, 0.2) is 48.5 Å². The fourth-order valence-corrected chi connectivity index (χ4v) is 3.35. The number of benzene rings is 2. The van der Waals surface area contributed by atoms with Gasteiger partial charge in [-0.15, -0.1) is 0 Å². The highest BCUT2D eigenvalue weighted by molar-refractivity contribution is 5.70. The first-order valence-corrected chi connectivity index (χ1v) is 9.02. The lowest BCUT2D eigenvalue weighted by atomic mass is 10.0. The molecular formula is C21H28N2O. The van der Waals surface area contributed by atoms with Crippen LogP contribution >= 0.6 is 0 Å². The van der Waals surface area contributed by atoms with Crippen molar-refractivity contribution in [3.8, 4) is 16.9 Å². The van der Waals surface area contributed by atoms with E-state index in [1.807, 2.05) is 18.2 Å². The maximum Gasteiger partial charge on any atom is 0.126 e. The second-order valence-corrected chi connectivity index (χ2v) is 6.48. The summed E-state index contributed by atoms with van der Waals surface area (Å²) in [6.45, 7) is 5.85. The number of hydrogen-bond donors (Lipinski definition) is 1. The van der Waals surface area contributed by atoms with Crippen LogP contribution in [-0.2, 0) is 6.54 Å². The van der Waals surface area contributed by atoms with Gasteiger partial charge >= 0.3 is 0 Å². The lowest BCUT2D eigenvalue weighted by Gasteiger charge is -2.14. The molecule has 0 atom stereocenters. The zero-order valence-electron chi connectivity index (χ0n) is 14.6. The van der Waals surface area contributed by atoms with Crippen LogP contribution in [0.1, 0.15) is 24.8 Å². The van der Waals surface area contributed by atoms with E-state index in [2.05, 4.69) is 40.5 Å². The van der Waals surface area contributed by atoms with Crippen molar-refractivity contribution in [3.05, 3.63) is 54.1 Å². The summed E-state index contributed by atoms with van der Waals surface area (Å²) in [5.41, 5.74) is 3.67. The lowest BCUT2D eigenvalue weighted by molar-refractivity contribution is 0.331. The van der Waals surface area contributed by atoms with Crippen LogP contribution in [0.2, 0.25) is 0 Å². The molecular weight excluding hydrogens is 296 g/mol. The maximum atomic E-state index is 5.45. The Hall–Kier alpha value is -1.84. The third-order valence-corrected chi connectivity index (χ3v) is 4.73. The topological polar surface area (TPSA) is 24.5 Å². The van der Waals surface area contributed by atoms with Crippen LogP contribution in [0.3, 0.4) is 0 Å². The van der Waals surface area contributed by atoms with Crippen molar-refractivity contribution >= 4 is 0 Å². The summed E-state index contributed by atoms with van der Waals surface area (Å²) in [6.07, 6.45) is 4.00.